The van der Waals surface area contributed by atoms with Crippen molar-refractivity contribution >= 4 is 5.97 Å². The third-order valence-corrected chi connectivity index (χ3v) is 2.40. The van der Waals surface area contributed by atoms with Crippen LogP contribution in [0.5, 0.6) is 5.75 Å². The molecule has 1 rings (SSSR count). The second kappa shape index (κ2) is 5.01. The Morgan fingerprint density at radius 3 is 2.59 bits per heavy atom. The summed E-state index contributed by atoms with van der Waals surface area (Å²) < 4.78 is 1.39. The van der Waals surface area contributed by atoms with Crippen LogP contribution in [0.1, 0.15) is 18.7 Å². The van der Waals surface area contributed by atoms with Crippen molar-refractivity contribution in [2.75, 3.05) is 14.1 Å². The minimum absolute atomic E-state index is 0.424. The molecule has 6 nitrogen and oxygen atoms in total. The summed E-state index contributed by atoms with van der Waals surface area (Å²) in [6, 6.07) is 0.422. The first-order valence-corrected chi connectivity index (χ1v) is 5.14. The third-order valence-electron chi connectivity index (χ3n) is 2.40. The zero-order valence-corrected chi connectivity index (χ0v) is 10.0. The van der Waals surface area contributed by atoms with Crippen LogP contribution in [0.15, 0.2) is 17.1 Å². The molecule has 0 fully saturated rings. The first kappa shape index (κ1) is 13.2. The molecule has 0 saturated carbocycles. The topological polar surface area (TPSA) is 82.8 Å². The zero-order valence-electron chi connectivity index (χ0n) is 10.0. The first-order valence-electron chi connectivity index (χ1n) is 5.14. The van der Waals surface area contributed by atoms with E-state index in [9.17, 15) is 14.7 Å². The molecule has 0 aliphatic rings. The highest BCUT2D eigenvalue weighted by Crippen LogP contribution is 2.14. The number of carboxylic acids is 1. The summed E-state index contributed by atoms with van der Waals surface area (Å²) in [5.74, 6) is -1.46. The van der Waals surface area contributed by atoms with Crippen molar-refractivity contribution in [3.63, 3.8) is 0 Å². The summed E-state index contributed by atoms with van der Waals surface area (Å²) >= 11 is 0. The molecule has 0 saturated heterocycles. The molecule has 0 amide bonds. The van der Waals surface area contributed by atoms with Crippen LogP contribution in [0, 0.1) is 0 Å². The number of aromatic nitrogens is 1. The Morgan fingerprint density at radius 2 is 2.12 bits per heavy atom. The van der Waals surface area contributed by atoms with E-state index in [1.165, 1.54) is 23.8 Å². The quantitative estimate of drug-likeness (QED) is 0.788. The summed E-state index contributed by atoms with van der Waals surface area (Å²) in [5, 5.41) is 18.3. The van der Waals surface area contributed by atoms with Crippen LogP contribution in [0.25, 0.3) is 0 Å². The number of aliphatic carboxylic acids is 1. The van der Waals surface area contributed by atoms with E-state index in [4.69, 9.17) is 5.11 Å². The Balaban J connectivity index is 3.30. The van der Waals surface area contributed by atoms with Gasteiger partial charge in [0, 0.05) is 18.3 Å². The Hall–Kier alpha value is -1.82. The SMILES string of the molecule is CC(C(=O)O)n1cc(O)c(=O)cc1CN(C)C. The molecule has 0 spiro atoms. The molecule has 2 N–H and O–H groups in total. The Morgan fingerprint density at radius 1 is 1.53 bits per heavy atom. The maximum atomic E-state index is 11.3. The van der Waals surface area contributed by atoms with E-state index >= 15 is 0 Å². The molecule has 94 valence electrons. The molecular formula is C11H16N2O4. The van der Waals surface area contributed by atoms with E-state index in [1.54, 1.807) is 0 Å². The van der Waals surface area contributed by atoms with Gasteiger partial charge in [-0.05, 0) is 21.0 Å². The molecule has 0 radical (unpaired) electrons. The molecule has 0 aliphatic carbocycles. The van der Waals surface area contributed by atoms with Gasteiger partial charge >= 0.3 is 5.97 Å². The second-order valence-electron chi connectivity index (χ2n) is 4.17. The maximum Gasteiger partial charge on any atom is 0.326 e. The number of nitrogens with zero attached hydrogens (tertiary/aromatic N) is 2. The number of aromatic hydroxyl groups is 1. The van der Waals surface area contributed by atoms with Gasteiger partial charge < -0.3 is 19.7 Å². The Bertz CT molecular complexity index is 479. The summed E-state index contributed by atoms with van der Waals surface area (Å²) in [5.41, 5.74) is 0.0448. The van der Waals surface area contributed by atoms with Gasteiger partial charge in [0.25, 0.3) is 0 Å². The monoisotopic (exact) mass is 240 g/mol. The largest absolute Gasteiger partial charge is 0.503 e. The zero-order chi connectivity index (χ0) is 13.2. The Kier molecular flexibility index (Phi) is 3.90. The molecule has 1 unspecified atom stereocenters. The van der Waals surface area contributed by atoms with E-state index < -0.39 is 23.2 Å². The fraction of sp³-hybridized carbons (Fsp3) is 0.455. The van der Waals surface area contributed by atoms with Crippen molar-refractivity contribution in [2.45, 2.75) is 19.5 Å². The number of carboxylic acid groups (broad SMARTS) is 1. The van der Waals surface area contributed by atoms with Gasteiger partial charge in [-0.25, -0.2) is 4.79 Å². The first-order chi connectivity index (χ1) is 7.82. The Labute approximate surface area is 98.7 Å². The van der Waals surface area contributed by atoms with Crippen molar-refractivity contribution in [1.82, 2.24) is 9.47 Å². The molecule has 6 heteroatoms. The highest BCUT2D eigenvalue weighted by molar-refractivity contribution is 5.71. The van der Waals surface area contributed by atoms with Crippen LogP contribution in [-0.4, -0.2) is 39.7 Å². The molecule has 17 heavy (non-hydrogen) atoms. The predicted octanol–water partition coefficient (Wildman–Crippen LogP) is 0.261. The van der Waals surface area contributed by atoms with E-state index in [2.05, 4.69) is 0 Å². The van der Waals surface area contributed by atoms with Crippen molar-refractivity contribution in [1.29, 1.82) is 0 Å². The lowest BCUT2D eigenvalue weighted by molar-refractivity contribution is -0.140. The molecule has 1 aromatic heterocycles. The highest BCUT2D eigenvalue weighted by Gasteiger charge is 2.17. The average molecular weight is 240 g/mol. The number of rotatable bonds is 4. The van der Waals surface area contributed by atoms with Crippen LogP contribution in [0.4, 0.5) is 0 Å². The smallest absolute Gasteiger partial charge is 0.326 e. The second-order valence-corrected chi connectivity index (χ2v) is 4.17. The maximum absolute atomic E-state index is 11.3. The van der Waals surface area contributed by atoms with Crippen molar-refractivity contribution < 1.29 is 15.0 Å². The average Bonchev–Trinajstić information content (AvgIpc) is 2.21. The van der Waals surface area contributed by atoms with Gasteiger partial charge in [0.1, 0.15) is 6.04 Å². The van der Waals surface area contributed by atoms with Crippen molar-refractivity contribution in [3.05, 3.63) is 28.2 Å². The van der Waals surface area contributed by atoms with Crippen LogP contribution >= 0.6 is 0 Å². The molecule has 0 bridgehead atoms. The summed E-state index contributed by atoms with van der Waals surface area (Å²) in [4.78, 5) is 24.1. The molecule has 0 aliphatic heterocycles. The molecular weight excluding hydrogens is 224 g/mol. The van der Waals surface area contributed by atoms with Gasteiger partial charge in [0.2, 0.25) is 5.43 Å². The van der Waals surface area contributed by atoms with Crippen LogP contribution in [-0.2, 0) is 11.3 Å². The summed E-state index contributed by atoms with van der Waals surface area (Å²) in [6.45, 7) is 1.92. The summed E-state index contributed by atoms with van der Waals surface area (Å²) in [6.07, 6.45) is 1.17. The van der Waals surface area contributed by atoms with Crippen LogP contribution < -0.4 is 5.43 Å². The van der Waals surface area contributed by atoms with Gasteiger partial charge in [-0.15, -0.1) is 0 Å². The van der Waals surface area contributed by atoms with Crippen LogP contribution in [0.3, 0.4) is 0 Å². The third kappa shape index (κ3) is 3.07. The lowest BCUT2D eigenvalue weighted by Gasteiger charge is -2.19. The van der Waals surface area contributed by atoms with Gasteiger partial charge in [-0.2, -0.15) is 0 Å². The summed E-state index contributed by atoms with van der Waals surface area (Å²) in [7, 11) is 3.63. The standard InChI is InChI=1S/C11H16N2O4/c1-7(11(16)17)13-6-10(15)9(14)4-8(13)5-12(2)3/h4,6-7,15H,5H2,1-3H3,(H,16,17). The molecule has 0 aromatic carbocycles. The van der Waals surface area contributed by atoms with Crippen molar-refractivity contribution in [2.24, 2.45) is 0 Å². The number of pyridine rings is 1. The number of hydrogen-bond acceptors (Lipinski definition) is 4. The number of carbonyl (C=O) groups is 1. The predicted molar refractivity (Wildman–Crippen MR) is 62.1 cm³/mol. The molecule has 1 heterocycles. The van der Waals surface area contributed by atoms with Gasteiger partial charge in [0.05, 0.1) is 6.20 Å². The fourth-order valence-electron chi connectivity index (χ4n) is 1.51. The van der Waals surface area contributed by atoms with Crippen LogP contribution in [0.2, 0.25) is 0 Å². The van der Waals surface area contributed by atoms with E-state index in [0.29, 0.717) is 12.2 Å². The van der Waals surface area contributed by atoms with E-state index in [0.717, 1.165) is 0 Å². The highest BCUT2D eigenvalue weighted by atomic mass is 16.4. The van der Waals surface area contributed by atoms with E-state index in [-0.39, 0.29) is 0 Å². The van der Waals surface area contributed by atoms with Crippen molar-refractivity contribution in [3.8, 4) is 5.75 Å². The minimum Gasteiger partial charge on any atom is -0.503 e. The minimum atomic E-state index is -1.02. The normalized spacial score (nSPS) is 12.7. The lowest BCUT2D eigenvalue weighted by Crippen LogP contribution is -2.24. The lowest BCUT2D eigenvalue weighted by atomic mass is 10.2. The molecule has 1 aromatic rings. The van der Waals surface area contributed by atoms with Gasteiger partial charge in [0.15, 0.2) is 5.75 Å². The van der Waals surface area contributed by atoms with E-state index in [1.807, 2.05) is 19.0 Å². The molecule has 1 atom stereocenters. The number of hydrogen-bond donors (Lipinski definition) is 2. The fourth-order valence-corrected chi connectivity index (χ4v) is 1.51. The van der Waals surface area contributed by atoms with Gasteiger partial charge in [-0.3, -0.25) is 4.79 Å². The van der Waals surface area contributed by atoms with Gasteiger partial charge in [-0.1, -0.05) is 0 Å².